The summed E-state index contributed by atoms with van der Waals surface area (Å²) in [6, 6.07) is 0.0174. The number of fused-ring (bicyclic) bond motifs is 1. The van der Waals surface area contributed by atoms with E-state index in [1.54, 1.807) is 17.3 Å². The Bertz CT molecular complexity index is 952. The van der Waals surface area contributed by atoms with Crippen LogP contribution in [-0.4, -0.2) is 54.8 Å². The van der Waals surface area contributed by atoms with Crippen LogP contribution in [0.15, 0.2) is 17.0 Å². The molecule has 0 radical (unpaired) electrons. The number of anilines is 1. The number of rotatable bonds is 3. The van der Waals surface area contributed by atoms with Gasteiger partial charge in [-0.1, -0.05) is 0 Å². The van der Waals surface area contributed by atoms with Crippen molar-refractivity contribution >= 4 is 35.2 Å². The Morgan fingerprint density at radius 1 is 1.38 bits per heavy atom. The zero-order valence-corrected chi connectivity index (χ0v) is 14.9. The van der Waals surface area contributed by atoms with Crippen LogP contribution in [0.4, 0.5) is 5.82 Å². The van der Waals surface area contributed by atoms with Crippen LogP contribution < -0.4 is 11.5 Å². The first-order valence-electron chi connectivity index (χ1n) is 8.07. The number of hydrogen-bond donors (Lipinski definition) is 2. The number of imidazole rings is 1. The number of likely N-dealkylation sites (tertiary alicyclic amines) is 1. The molecule has 1 amide bonds. The molecule has 0 aromatic carbocycles. The monoisotopic (exact) mass is 378 g/mol. The Morgan fingerprint density at radius 3 is 2.81 bits per heavy atom. The van der Waals surface area contributed by atoms with E-state index in [-0.39, 0.29) is 30.2 Å². The van der Waals surface area contributed by atoms with E-state index in [2.05, 4.69) is 24.9 Å². The van der Waals surface area contributed by atoms with E-state index in [0.29, 0.717) is 47.7 Å². The molecule has 0 bridgehead atoms. The van der Waals surface area contributed by atoms with Gasteiger partial charge < -0.3 is 20.9 Å². The number of nitrogens with zero attached hydrogens (tertiary/aromatic N) is 6. The maximum Gasteiger partial charge on any atom is 0.257 e. The smallest absolute Gasteiger partial charge is 0.257 e. The first-order chi connectivity index (χ1) is 12.1. The third-order valence-electron chi connectivity index (χ3n) is 4.43. The number of nitrogen functional groups attached to an aromatic ring is 1. The number of aryl methyl sites for hydroxylation is 1. The molecular formula is C15H19ClN8O2. The molecular weight excluding hydrogens is 360 g/mol. The number of amides is 1. The molecule has 1 aliphatic heterocycles. The topological polar surface area (TPSA) is 142 Å². The summed E-state index contributed by atoms with van der Waals surface area (Å²) < 4.78 is 6.55. The van der Waals surface area contributed by atoms with Gasteiger partial charge in [-0.3, -0.25) is 9.78 Å². The largest absolute Gasteiger partial charge is 0.379 e. The highest BCUT2D eigenvalue weighted by Crippen LogP contribution is 2.29. The molecule has 1 saturated heterocycles. The van der Waals surface area contributed by atoms with Crippen molar-refractivity contribution in [3.63, 3.8) is 0 Å². The summed E-state index contributed by atoms with van der Waals surface area (Å²) in [6.45, 7) is 3.71. The summed E-state index contributed by atoms with van der Waals surface area (Å²) in [4.78, 5) is 23.4. The summed E-state index contributed by atoms with van der Waals surface area (Å²) in [6.07, 6.45) is 3.98. The van der Waals surface area contributed by atoms with Crippen molar-refractivity contribution in [2.75, 3.05) is 18.8 Å². The number of carbonyl (C=O) groups is 1. The molecule has 11 heteroatoms. The quantitative estimate of drug-likeness (QED) is 0.677. The van der Waals surface area contributed by atoms with Gasteiger partial charge in [0.2, 0.25) is 0 Å². The fourth-order valence-electron chi connectivity index (χ4n) is 3.23. The van der Waals surface area contributed by atoms with Crippen LogP contribution in [0.1, 0.15) is 23.7 Å². The fourth-order valence-corrected chi connectivity index (χ4v) is 3.23. The van der Waals surface area contributed by atoms with Gasteiger partial charge >= 0.3 is 0 Å². The molecule has 3 aromatic heterocycles. The van der Waals surface area contributed by atoms with E-state index in [0.717, 1.165) is 6.42 Å². The number of aromatic nitrogens is 5. The second-order valence-electron chi connectivity index (χ2n) is 6.03. The van der Waals surface area contributed by atoms with E-state index in [1.165, 1.54) is 0 Å². The van der Waals surface area contributed by atoms with Crippen LogP contribution in [0, 0.1) is 0 Å². The van der Waals surface area contributed by atoms with E-state index in [4.69, 9.17) is 11.5 Å². The van der Waals surface area contributed by atoms with Crippen LogP contribution in [0.5, 0.6) is 0 Å². The second kappa shape index (κ2) is 6.89. The van der Waals surface area contributed by atoms with Crippen molar-refractivity contribution in [1.29, 1.82) is 0 Å². The molecule has 26 heavy (non-hydrogen) atoms. The number of halogens is 1. The van der Waals surface area contributed by atoms with Gasteiger partial charge in [-0.25, -0.2) is 9.61 Å². The summed E-state index contributed by atoms with van der Waals surface area (Å²) in [7, 11) is 0. The first kappa shape index (κ1) is 18.1. The minimum absolute atomic E-state index is 0. The van der Waals surface area contributed by atoms with Crippen molar-refractivity contribution in [2.24, 2.45) is 5.73 Å². The van der Waals surface area contributed by atoms with Gasteiger partial charge in [0.05, 0.1) is 17.3 Å². The molecule has 1 fully saturated rings. The SMILES string of the molecule is CCn1c(-c2nonc2N)nc2cncc(C(=O)N3CC[C@H](N)C3)c21.Cl. The lowest BCUT2D eigenvalue weighted by Gasteiger charge is -2.16. The number of hydrogen-bond acceptors (Lipinski definition) is 8. The molecule has 10 nitrogen and oxygen atoms in total. The predicted octanol–water partition coefficient (Wildman–Crippen LogP) is 0.678. The molecule has 4 rings (SSSR count). The van der Waals surface area contributed by atoms with Crippen molar-refractivity contribution in [3.8, 4) is 11.5 Å². The zero-order valence-electron chi connectivity index (χ0n) is 14.1. The van der Waals surface area contributed by atoms with Gasteiger partial charge in [-0.05, 0) is 23.7 Å². The molecule has 1 aliphatic rings. The molecule has 0 unspecified atom stereocenters. The second-order valence-corrected chi connectivity index (χ2v) is 6.03. The Hall–Kier alpha value is -2.72. The van der Waals surface area contributed by atoms with E-state index < -0.39 is 0 Å². The molecule has 4 heterocycles. The van der Waals surface area contributed by atoms with Gasteiger partial charge in [0.15, 0.2) is 17.3 Å². The van der Waals surface area contributed by atoms with Crippen LogP contribution >= 0.6 is 12.4 Å². The molecule has 4 N–H and O–H groups in total. The van der Waals surface area contributed by atoms with Crippen molar-refractivity contribution in [2.45, 2.75) is 25.9 Å². The molecule has 0 spiro atoms. The van der Waals surface area contributed by atoms with E-state index in [9.17, 15) is 4.79 Å². The third-order valence-corrected chi connectivity index (χ3v) is 4.43. The van der Waals surface area contributed by atoms with Gasteiger partial charge in [0, 0.05) is 31.9 Å². The zero-order chi connectivity index (χ0) is 17.6. The van der Waals surface area contributed by atoms with Gasteiger partial charge in [0.1, 0.15) is 5.52 Å². The summed E-state index contributed by atoms with van der Waals surface area (Å²) in [5.74, 6) is 0.547. The highest BCUT2D eigenvalue weighted by molar-refractivity contribution is 6.05. The highest BCUT2D eigenvalue weighted by Gasteiger charge is 2.28. The standard InChI is InChI=1S/C15H18N8O2.ClH/c1-2-23-12-9(15(24)22-4-3-8(16)7-22)5-18-6-10(12)19-14(23)11-13(17)21-25-20-11;/h5-6,8H,2-4,7,16H2,1H3,(H2,17,21);1H/t8-;/m0./s1. The van der Waals surface area contributed by atoms with Crippen molar-refractivity contribution in [3.05, 3.63) is 18.0 Å². The summed E-state index contributed by atoms with van der Waals surface area (Å²) in [5.41, 5.74) is 13.9. The molecule has 138 valence electrons. The summed E-state index contributed by atoms with van der Waals surface area (Å²) >= 11 is 0. The Kier molecular flexibility index (Phi) is 4.79. The van der Waals surface area contributed by atoms with Gasteiger partial charge in [-0.2, -0.15) is 0 Å². The maximum atomic E-state index is 13.0. The Balaban J connectivity index is 0.00000196. The van der Waals surface area contributed by atoms with Crippen molar-refractivity contribution in [1.82, 2.24) is 29.7 Å². The molecule has 3 aromatic rings. The van der Waals surface area contributed by atoms with E-state index in [1.807, 2.05) is 11.5 Å². The van der Waals surface area contributed by atoms with Gasteiger partial charge in [0.25, 0.3) is 5.91 Å². The Labute approximate surface area is 154 Å². The van der Waals surface area contributed by atoms with E-state index >= 15 is 0 Å². The van der Waals surface area contributed by atoms with Crippen LogP contribution in [-0.2, 0) is 6.54 Å². The molecule has 0 saturated carbocycles. The van der Waals surface area contributed by atoms with Crippen molar-refractivity contribution < 1.29 is 9.42 Å². The maximum absolute atomic E-state index is 13.0. The fraction of sp³-hybridized carbons (Fsp3) is 0.400. The molecule has 0 aliphatic carbocycles. The van der Waals surface area contributed by atoms with Crippen LogP contribution in [0.2, 0.25) is 0 Å². The number of carbonyl (C=O) groups excluding carboxylic acids is 1. The minimum atomic E-state index is -0.0987. The summed E-state index contributed by atoms with van der Waals surface area (Å²) in [5, 5.41) is 7.43. The Morgan fingerprint density at radius 2 is 2.19 bits per heavy atom. The lowest BCUT2D eigenvalue weighted by atomic mass is 10.2. The number of nitrogens with two attached hydrogens (primary N) is 2. The van der Waals surface area contributed by atoms with Crippen LogP contribution in [0.3, 0.4) is 0 Å². The normalized spacial score (nSPS) is 16.8. The average molecular weight is 379 g/mol. The predicted molar refractivity (Wildman–Crippen MR) is 96.7 cm³/mol. The number of pyridine rings is 1. The first-order valence-corrected chi connectivity index (χ1v) is 8.07. The highest BCUT2D eigenvalue weighted by atomic mass is 35.5. The van der Waals surface area contributed by atoms with Crippen LogP contribution in [0.25, 0.3) is 22.6 Å². The lowest BCUT2D eigenvalue weighted by Crippen LogP contribution is -2.32. The van der Waals surface area contributed by atoms with Gasteiger partial charge in [-0.15, -0.1) is 12.4 Å². The average Bonchev–Trinajstić information content (AvgIpc) is 3.31. The third kappa shape index (κ3) is 2.76. The molecule has 1 atom stereocenters. The minimum Gasteiger partial charge on any atom is -0.379 e. The lowest BCUT2D eigenvalue weighted by molar-refractivity contribution is 0.0792.